The zero-order valence-corrected chi connectivity index (χ0v) is 10.6. The first-order valence-electron chi connectivity index (χ1n) is 4.17. The van der Waals surface area contributed by atoms with Crippen LogP contribution >= 0.6 is 39.1 Å². The van der Waals surface area contributed by atoms with Crippen molar-refractivity contribution >= 4 is 39.1 Å². The molecule has 0 aliphatic heterocycles. The van der Waals surface area contributed by atoms with E-state index >= 15 is 0 Å². The van der Waals surface area contributed by atoms with Gasteiger partial charge in [0.25, 0.3) is 0 Å². The van der Waals surface area contributed by atoms with Crippen LogP contribution in [0.1, 0.15) is 5.76 Å². The lowest BCUT2D eigenvalue weighted by molar-refractivity contribution is 0.537. The Hall–Kier alpha value is -0.510. The van der Waals surface area contributed by atoms with Crippen molar-refractivity contribution in [2.45, 2.75) is 5.88 Å². The molecule has 78 valence electrons. The second-order valence-corrected chi connectivity index (χ2v) is 4.48. The van der Waals surface area contributed by atoms with Gasteiger partial charge in [0.2, 0.25) is 5.89 Å². The molecule has 0 spiro atoms. The first-order valence-corrected chi connectivity index (χ1v) is 5.87. The summed E-state index contributed by atoms with van der Waals surface area (Å²) in [6, 6.07) is 5.52. The second kappa shape index (κ2) is 4.56. The molecule has 0 aliphatic rings. The lowest BCUT2D eigenvalue weighted by atomic mass is 10.2. The van der Waals surface area contributed by atoms with Crippen molar-refractivity contribution in [2.24, 2.45) is 0 Å². The smallest absolute Gasteiger partial charge is 0.227 e. The average Bonchev–Trinajstić information content (AvgIpc) is 2.66. The molecule has 0 aliphatic carbocycles. The standard InChI is InChI=1S/C10H6BrCl2NO/c11-6-1-2-8(9(13)3-6)10-14-5-7(4-12)15-10/h1-3,5H,4H2. The predicted molar refractivity (Wildman–Crippen MR) is 64.2 cm³/mol. The van der Waals surface area contributed by atoms with Gasteiger partial charge in [0.15, 0.2) is 0 Å². The van der Waals surface area contributed by atoms with Crippen molar-refractivity contribution in [1.82, 2.24) is 4.98 Å². The minimum absolute atomic E-state index is 0.307. The van der Waals surface area contributed by atoms with Crippen molar-refractivity contribution in [3.05, 3.63) is 39.7 Å². The van der Waals surface area contributed by atoms with Gasteiger partial charge in [-0.25, -0.2) is 4.98 Å². The Balaban J connectivity index is 2.44. The molecule has 0 saturated carbocycles. The van der Waals surface area contributed by atoms with E-state index in [1.54, 1.807) is 12.3 Å². The van der Waals surface area contributed by atoms with Crippen molar-refractivity contribution < 1.29 is 4.42 Å². The monoisotopic (exact) mass is 305 g/mol. The molecule has 0 unspecified atom stereocenters. The van der Waals surface area contributed by atoms with Crippen LogP contribution in [-0.2, 0) is 5.88 Å². The Morgan fingerprint density at radius 3 is 2.80 bits per heavy atom. The highest BCUT2D eigenvalue weighted by atomic mass is 79.9. The normalized spacial score (nSPS) is 10.6. The zero-order valence-electron chi connectivity index (χ0n) is 7.51. The van der Waals surface area contributed by atoms with E-state index in [1.165, 1.54) is 0 Å². The van der Waals surface area contributed by atoms with Crippen LogP contribution in [0.25, 0.3) is 11.5 Å². The molecule has 1 aromatic heterocycles. The molecule has 15 heavy (non-hydrogen) atoms. The fraction of sp³-hybridized carbons (Fsp3) is 0.100. The first kappa shape index (κ1) is 11.0. The molecular weight excluding hydrogens is 301 g/mol. The highest BCUT2D eigenvalue weighted by molar-refractivity contribution is 9.10. The van der Waals surface area contributed by atoms with E-state index in [0.29, 0.717) is 22.6 Å². The molecule has 0 atom stereocenters. The molecule has 0 fully saturated rings. The van der Waals surface area contributed by atoms with E-state index in [-0.39, 0.29) is 0 Å². The van der Waals surface area contributed by atoms with E-state index in [9.17, 15) is 0 Å². The second-order valence-electron chi connectivity index (χ2n) is 2.89. The van der Waals surface area contributed by atoms with Gasteiger partial charge in [0, 0.05) is 4.47 Å². The van der Waals surface area contributed by atoms with Gasteiger partial charge < -0.3 is 4.42 Å². The lowest BCUT2D eigenvalue weighted by Crippen LogP contribution is -1.78. The third-order valence-electron chi connectivity index (χ3n) is 1.85. The number of benzene rings is 1. The molecule has 5 heteroatoms. The van der Waals surface area contributed by atoms with Crippen LogP contribution in [0.15, 0.2) is 33.3 Å². The van der Waals surface area contributed by atoms with Gasteiger partial charge in [-0.1, -0.05) is 27.5 Å². The van der Waals surface area contributed by atoms with Crippen molar-refractivity contribution in [3.8, 4) is 11.5 Å². The molecule has 0 saturated heterocycles. The molecule has 0 N–H and O–H groups in total. The number of oxazole rings is 1. The zero-order chi connectivity index (χ0) is 10.8. The molecule has 2 aromatic rings. The summed E-state index contributed by atoms with van der Waals surface area (Å²) in [5, 5.41) is 0.590. The lowest BCUT2D eigenvalue weighted by Gasteiger charge is -1.99. The highest BCUT2D eigenvalue weighted by Gasteiger charge is 2.09. The summed E-state index contributed by atoms with van der Waals surface area (Å²) in [6.07, 6.45) is 1.60. The van der Waals surface area contributed by atoms with Crippen molar-refractivity contribution in [1.29, 1.82) is 0 Å². The third kappa shape index (κ3) is 2.36. The fourth-order valence-electron chi connectivity index (χ4n) is 1.16. The summed E-state index contributed by atoms with van der Waals surface area (Å²) in [6.45, 7) is 0. The molecule has 1 heterocycles. The van der Waals surface area contributed by atoms with Gasteiger partial charge in [-0.3, -0.25) is 0 Å². The van der Waals surface area contributed by atoms with Gasteiger partial charge >= 0.3 is 0 Å². The van der Waals surface area contributed by atoms with E-state index in [2.05, 4.69) is 20.9 Å². The van der Waals surface area contributed by atoms with Crippen LogP contribution in [-0.4, -0.2) is 4.98 Å². The number of halogens is 3. The number of nitrogens with zero attached hydrogens (tertiary/aromatic N) is 1. The van der Waals surface area contributed by atoms with Crippen LogP contribution in [0.5, 0.6) is 0 Å². The van der Waals surface area contributed by atoms with Gasteiger partial charge in [0.1, 0.15) is 5.76 Å². The molecule has 2 nitrogen and oxygen atoms in total. The number of rotatable bonds is 2. The highest BCUT2D eigenvalue weighted by Crippen LogP contribution is 2.30. The Morgan fingerprint density at radius 2 is 2.20 bits per heavy atom. The first-order chi connectivity index (χ1) is 7.20. The van der Waals surface area contributed by atoms with Crippen LogP contribution in [0.3, 0.4) is 0 Å². The molecule has 1 aromatic carbocycles. The van der Waals surface area contributed by atoms with Gasteiger partial charge in [-0.15, -0.1) is 11.6 Å². The van der Waals surface area contributed by atoms with Gasteiger partial charge in [-0.2, -0.15) is 0 Å². The van der Waals surface area contributed by atoms with E-state index in [0.717, 1.165) is 10.0 Å². The summed E-state index contributed by atoms with van der Waals surface area (Å²) >= 11 is 15.0. The average molecular weight is 307 g/mol. The Morgan fingerprint density at radius 1 is 1.40 bits per heavy atom. The van der Waals surface area contributed by atoms with E-state index < -0.39 is 0 Å². The number of hydrogen-bond acceptors (Lipinski definition) is 2. The molecule has 2 rings (SSSR count). The van der Waals surface area contributed by atoms with Crippen LogP contribution < -0.4 is 0 Å². The molecule has 0 bridgehead atoms. The van der Waals surface area contributed by atoms with Gasteiger partial charge in [-0.05, 0) is 18.2 Å². The van der Waals surface area contributed by atoms with Crippen molar-refractivity contribution in [2.75, 3.05) is 0 Å². The summed E-state index contributed by atoms with van der Waals surface area (Å²) in [7, 11) is 0. The number of aromatic nitrogens is 1. The topological polar surface area (TPSA) is 26.0 Å². The van der Waals surface area contributed by atoms with Crippen LogP contribution in [0, 0.1) is 0 Å². The predicted octanol–water partition coefficient (Wildman–Crippen LogP) is 4.50. The molecule has 0 radical (unpaired) electrons. The summed E-state index contributed by atoms with van der Waals surface area (Å²) < 4.78 is 6.31. The molecular formula is C10H6BrCl2NO. The largest absolute Gasteiger partial charge is 0.440 e. The maximum Gasteiger partial charge on any atom is 0.227 e. The quantitative estimate of drug-likeness (QED) is 0.764. The van der Waals surface area contributed by atoms with Crippen LogP contribution in [0.4, 0.5) is 0 Å². The SMILES string of the molecule is ClCc1cnc(-c2ccc(Br)cc2Cl)o1. The minimum Gasteiger partial charge on any atom is -0.440 e. The van der Waals surface area contributed by atoms with Gasteiger partial charge in [0.05, 0.1) is 22.7 Å². The molecule has 0 amide bonds. The summed E-state index contributed by atoms with van der Waals surface area (Å²) in [4.78, 5) is 4.10. The van der Waals surface area contributed by atoms with Crippen molar-refractivity contribution in [3.63, 3.8) is 0 Å². The maximum absolute atomic E-state index is 6.05. The Kier molecular flexibility index (Phi) is 3.34. The minimum atomic E-state index is 0.307. The Bertz CT molecular complexity index is 484. The number of hydrogen-bond donors (Lipinski definition) is 0. The third-order valence-corrected chi connectivity index (χ3v) is 2.92. The van der Waals surface area contributed by atoms with Crippen LogP contribution in [0.2, 0.25) is 5.02 Å². The number of alkyl halides is 1. The maximum atomic E-state index is 6.05. The fourth-order valence-corrected chi connectivity index (χ4v) is 2.03. The van der Waals surface area contributed by atoms with E-state index in [4.69, 9.17) is 27.6 Å². The summed E-state index contributed by atoms with van der Waals surface area (Å²) in [5.41, 5.74) is 0.760. The van der Waals surface area contributed by atoms with E-state index in [1.807, 2.05) is 12.1 Å². The summed E-state index contributed by atoms with van der Waals surface area (Å²) in [5.74, 6) is 1.43. The Labute approximate surface area is 105 Å².